The number of hydrogen-bond donors (Lipinski definition) is 4. The molecule has 0 radical (unpaired) electrons. The normalized spacial score (nSPS) is 17.9. The van der Waals surface area contributed by atoms with E-state index in [0.717, 1.165) is 43.2 Å². The summed E-state index contributed by atoms with van der Waals surface area (Å²) in [6.07, 6.45) is 35.2. The molecule has 256 valence electrons. The number of carbonyl (C=O) groups excluding carboxylic acids is 1. The van der Waals surface area contributed by atoms with E-state index in [1.54, 1.807) is 4.57 Å². The first-order valence-electron chi connectivity index (χ1n) is 16.3. The van der Waals surface area contributed by atoms with Crippen molar-refractivity contribution in [3.8, 4) is 0 Å². The second-order valence-electron chi connectivity index (χ2n) is 11.1. The number of rotatable bonds is 21. The van der Waals surface area contributed by atoms with Crippen molar-refractivity contribution in [3.63, 3.8) is 0 Å². The molecule has 1 aliphatic heterocycles. The van der Waals surface area contributed by atoms with E-state index in [9.17, 15) is 23.9 Å². The van der Waals surface area contributed by atoms with Gasteiger partial charge in [-0.25, -0.2) is 14.2 Å². The van der Waals surface area contributed by atoms with Crippen LogP contribution in [0.2, 0.25) is 0 Å². The average Bonchev–Trinajstić information content (AvgIpc) is 3.69. The van der Waals surface area contributed by atoms with Crippen molar-refractivity contribution in [2.45, 2.75) is 83.5 Å². The summed E-state index contributed by atoms with van der Waals surface area (Å²) in [5.74, 6) is -0.178. The van der Waals surface area contributed by atoms with Gasteiger partial charge in [-0.15, -0.1) is 0 Å². The summed E-state index contributed by atoms with van der Waals surface area (Å²) in [5, 5.41) is 2.74. The maximum absolute atomic E-state index is 12.3. The number of hydrogen-bond acceptors (Lipinski definition) is 6. The average molecular weight is 669 g/mol. The van der Waals surface area contributed by atoms with Crippen LogP contribution in [0.3, 0.4) is 0 Å². The van der Waals surface area contributed by atoms with Gasteiger partial charge in [0.1, 0.15) is 11.9 Å². The number of aromatic nitrogens is 4. The van der Waals surface area contributed by atoms with Gasteiger partial charge < -0.3 is 24.8 Å². The van der Waals surface area contributed by atoms with Crippen LogP contribution in [0.4, 0.5) is 0 Å². The van der Waals surface area contributed by atoms with Gasteiger partial charge in [-0.2, -0.15) is 4.98 Å². The number of ether oxygens (including phenoxy) is 1. The van der Waals surface area contributed by atoms with Gasteiger partial charge in [-0.3, -0.25) is 14.2 Å². The SMILES string of the molecule is CC/C=C\C/C=C\C/C=C\C/C=C\C/C=C\C/C=C\CCC(=O)NCCN(C[C@@H]1CC[C@H](n2cnc3c(=O)nc[nH]c32)O1)P(=O)(O)O. The Labute approximate surface area is 276 Å². The van der Waals surface area contributed by atoms with Gasteiger partial charge in [0.2, 0.25) is 5.91 Å². The molecule has 12 nitrogen and oxygen atoms in total. The Balaban J connectivity index is 1.25. The number of aromatic amines is 1. The lowest BCUT2D eigenvalue weighted by Gasteiger charge is -2.26. The molecular weight excluding hydrogens is 619 g/mol. The summed E-state index contributed by atoms with van der Waals surface area (Å²) >= 11 is 0. The molecule has 3 heterocycles. The first-order chi connectivity index (χ1) is 22.8. The highest BCUT2D eigenvalue weighted by Gasteiger charge is 2.34. The zero-order valence-corrected chi connectivity index (χ0v) is 28.1. The standard InChI is InChI=1S/C34H49N6O6P/c1-2-3-4-5-6-7-8-9-10-11-12-13-14-15-16-17-18-19-20-21-30(41)35-24-25-39(47(43,44)45)26-29-22-23-31(46-29)40-28-38-32-33(40)36-27-37-34(32)42/h3-4,6-7,9-10,12-13,15-16,18-19,27-29,31H,2,5,8,11,14,17,20-26H2,1H3,(H,35,41)(H,36,37,42)(H2,43,44,45)/b4-3-,7-6-,10-9-,13-12-,16-15-,19-18-/t29-,31+/m0/s1. The third kappa shape index (κ3) is 14.3. The van der Waals surface area contributed by atoms with E-state index in [4.69, 9.17) is 4.74 Å². The van der Waals surface area contributed by atoms with E-state index in [1.165, 1.54) is 12.7 Å². The van der Waals surface area contributed by atoms with E-state index in [0.29, 0.717) is 31.3 Å². The number of amides is 1. The molecule has 1 fully saturated rings. The number of carbonyl (C=O) groups is 1. The van der Waals surface area contributed by atoms with Crippen molar-refractivity contribution < 1.29 is 23.9 Å². The van der Waals surface area contributed by atoms with Gasteiger partial charge in [-0.05, 0) is 57.8 Å². The smallest absolute Gasteiger partial charge is 0.355 e. The summed E-state index contributed by atoms with van der Waals surface area (Å²) in [5.41, 5.74) is 0.237. The fourth-order valence-corrected chi connectivity index (χ4v) is 5.70. The van der Waals surface area contributed by atoms with Crippen LogP contribution in [0.15, 0.2) is 90.4 Å². The quantitative estimate of drug-likeness (QED) is 0.0953. The number of allylic oxidation sites excluding steroid dienone is 12. The van der Waals surface area contributed by atoms with Crippen molar-refractivity contribution in [2.75, 3.05) is 19.6 Å². The van der Waals surface area contributed by atoms with Gasteiger partial charge in [0, 0.05) is 26.1 Å². The zero-order valence-electron chi connectivity index (χ0n) is 27.2. The van der Waals surface area contributed by atoms with Gasteiger partial charge in [0.15, 0.2) is 5.52 Å². The molecule has 0 spiro atoms. The minimum atomic E-state index is -4.57. The third-order valence-corrected chi connectivity index (χ3v) is 8.48. The van der Waals surface area contributed by atoms with Gasteiger partial charge >= 0.3 is 13.3 Å². The lowest BCUT2D eigenvalue weighted by atomic mass is 10.2. The van der Waals surface area contributed by atoms with Crippen LogP contribution in [0.5, 0.6) is 0 Å². The number of fused-ring (bicyclic) bond motifs is 1. The molecule has 0 aromatic carbocycles. The fraction of sp³-hybridized carbons (Fsp3) is 0.471. The van der Waals surface area contributed by atoms with Crippen LogP contribution < -0.4 is 10.9 Å². The number of H-pyrrole nitrogens is 1. The van der Waals surface area contributed by atoms with E-state index in [1.807, 2.05) is 12.2 Å². The van der Waals surface area contributed by atoms with Crippen molar-refractivity contribution >= 4 is 24.8 Å². The van der Waals surface area contributed by atoms with Crippen LogP contribution in [-0.4, -0.2) is 65.6 Å². The highest BCUT2D eigenvalue weighted by Crippen LogP contribution is 2.41. The molecule has 2 atom stereocenters. The Morgan fingerprint density at radius 1 is 0.979 bits per heavy atom. The van der Waals surface area contributed by atoms with E-state index in [2.05, 4.69) is 88.0 Å². The summed E-state index contributed by atoms with van der Waals surface area (Å²) in [6.45, 7) is 2.22. The maximum Gasteiger partial charge on any atom is 0.403 e. The van der Waals surface area contributed by atoms with Gasteiger partial charge in [-0.1, -0.05) is 79.8 Å². The topological polar surface area (TPSA) is 163 Å². The number of imidazole rings is 1. The highest BCUT2D eigenvalue weighted by atomic mass is 31.2. The molecule has 13 heteroatoms. The number of nitrogens with zero attached hydrogens (tertiary/aromatic N) is 4. The zero-order chi connectivity index (χ0) is 33.7. The molecule has 4 N–H and O–H groups in total. The maximum atomic E-state index is 12.3. The highest BCUT2D eigenvalue weighted by molar-refractivity contribution is 7.49. The van der Waals surface area contributed by atoms with Crippen molar-refractivity contribution in [2.24, 2.45) is 0 Å². The van der Waals surface area contributed by atoms with Crippen LogP contribution in [0.1, 0.15) is 77.4 Å². The molecule has 1 aliphatic rings. The molecule has 0 unspecified atom stereocenters. The molecule has 1 amide bonds. The molecule has 1 saturated heterocycles. The molecule has 47 heavy (non-hydrogen) atoms. The molecule has 0 bridgehead atoms. The number of nitrogens with one attached hydrogen (secondary N) is 2. The van der Waals surface area contributed by atoms with E-state index in [-0.39, 0.29) is 31.1 Å². The first kappa shape index (κ1) is 37.8. The Kier molecular flexibility index (Phi) is 17.1. The molecule has 2 aromatic rings. The predicted molar refractivity (Wildman–Crippen MR) is 185 cm³/mol. The first-order valence-corrected chi connectivity index (χ1v) is 17.9. The van der Waals surface area contributed by atoms with Crippen molar-refractivity contribution in [3.05, 3.63) is 95.9 Å². The van der Waals surface area contributed by atoms with Gasteiger partial charge in [0.25, 0.3) is 0 Å². The Bertz CT molecular complexity index is 1520. The van der Waals surface area contributed by atoms with Crippen LogP contribution >= 0.6 is 7.75 Å². The largest absolute Gasteiger partial charge is 0.403 e. The second-order valence-corrected chi connectivity index (χ2v) is 12.7. The fourth-order valence-electron chi connectivity index (χ4n) is 4.95. The minimum absolute atomic E-state index is 0.000108. The predicted octanol–water partition coefficient (Wildman–Crippen LogP) is 5.79. The van der Waals surface area contributed by atoms with Crippen molar-refractivity contribution in [1.29, 1.82) is 0 Å². The monoisotopic (exact) mass is 668 g/mol. The Hall–Kier alpha value is -3.67. The lowest BCUT2D eigenvalue weighted by molar-refractivity contribution is -0.121. The summed E-state index contributed by atoms with van der Waals surface area (Å²) in [6, 6.07) is 0. The summed E-state index contributed by atoms with van der Waals surface area (Å²) in [4.78, 5) is 54.6. The molecular formula is C34H49N6O6P. The molecule has 0 aliphatic carbocycles. The minimum Gasteiger partial charge on any atom is -0.355 e. The molecule has 2 aromatic heterocycles. The van der Waals surface area contributed by atoms with E-state index < -0.39 is 25.6 Å². The summed E-state index contributed by atoms with van der Waals surface area (Å²) < 4.78 is 20.9. The van der Waals surface area contributed by atoms with Crippen LogP contribution in [0.25, 0.3) is 11.2 Å². The van der Waals surface area contributed by atoms with E-state index >= 15 is 0 Å². The molecule has 3 rings (SSSR count). The van der Waals surface area contributed by atoms with Gasteiger partial charge in [0.05, 0.1) is 18.8 Å². The second kappa shape index (κ2) is 21.3. The van der Waals surface area contributed by atoms with Crippen LogP contribution in [-0.2, 0) is 14.1 Å². The Morgan fingerprint density at radius 3 is 2.17 bits per heavy atom. The summed E-state index contributed by atoms with van der Waals surface area (Å²) in [7, 11) is -4.57. The van der Waals surface area contributed by atoms with Crippen LogP contribution in [0, 0.1) is 0 Å². The van der Waals surface area contributed by atoms with Crippen molar-refractivity contribution in [1.82, 2.24) is 29.5 Å². The lowest BCUT2D eigenvalue weighted by Crippen LogP contribution is -2.37. The molecule has 0 saturated carbocycles. The Morgan fingerprint density at radius 2 is 1.57 bits per heavy atom. The third-order valence-electron chi connectivity index (χ3n) is 7.38.